The molecule has 0 saturated carbocycles. The van der Waals surface area contributed by atoms with Crippen LogP contribution in [0.2, 0.25) is 0 Å². The van der Waals surface area contributed by atoms with Crippen molar-refractivity contribution < 1.29 is 8.83 Å². The van der Waals surface area contributed by atoms with Gasteiger partial charge in [-0.15, -0.1) is 0 Å². The molecule has 3 aromatic rings. The van der Waals surface area contributed by atoms with Crippen LogP contribution in [0.15, 0.2) is 32.0 Å². The molecule has 0 saturated heterocycles. The molecule has 1 aromatic carbocycles. The van der Waals surface area contributed by atoms with Crippen LogP contribution in [0.4, 0.5) is 0 Å². The SMILES string of the molecule is Cc1coc2cc3oc(=O)nc(C)c3cc12. The third-order valence-corrected chi connectivity index (χ3v) is 2.72. The predicted octanol–water partition coefficient (Wildman–Crippen LogP) is 2.55. The van der Waals surface area contributed by atoms with E-state index in [2.05, 4.69) is 4.98 Å². The lowest BCUT2D eigenvalue weighted by molar-refractivity contribution is 0.528. The molecule has 0 aliphatic rings. The zero-order valence-corrected chi connectivity index (χ0v) is 8.90. The number of hydrogen-bond donors (Lipinski definition) is 0. The molecule has 2 heterocycles. The molecular weight excluding hydrogens is 206 g/mol. The van der Waals surface area contributed by atoms with Gasteiger partial charge in [-0.05, 0) is 25.5 Å². The third kappa shape index (κ3) is 1.16. The molecule has 4 nitrogen and oxygen atoms in total. The lowest BCUT2D eigenvalue weighted by Gasteiger charge is -1.99. The zero-order chi connectivity index (χ0) is 11.3. The molecule has 0 bridgehead atoms. The molecule has 0 spiro atoms. The minimum absolute atomic E-state index is 0.513. The highest BCUT2D eigenvalue weighted by molar-refractivity contribution is 5.95. The van der Waals surface area contributed by atoms with Crippen molar-refractivity contribution >= 4 is 21.9 Å². The molecule has 16 heavy (non-hydrogen) atoms. The van der Waals surface area contributed by atoms with E-state index in [-0.39, 0.29) is 0 Å². The first kappa shape index (κ1) is 9.15. The van der Waals surface area contributed by atoms with E-state index in [1.807, 2.05) is 13.0 Å². The normalized spacial score (nSPS) is 11.4. The van der Waals surface area contributed by atoms with E-state index in [0.717, 1.165) is 21.9 Å². The van der Waals surface area contributed by atoms with Crippen molar-refractivity contribution in [3.05, 3.63) is 40.2 Å². The van der Waals surface area contributed by atoms with E-state index in [0.29, 0.717) is 11.3 Å². The van der Waals surface area contributed by atoms with E-state index >= 15 is 0 Å². The van der Waals surface area contributed by atoms with Gasteiger partial charge in [-0.1, -0.05) is 0 Å². The van der Waals surface area contributed by atoms with E-state index in [9.17, 15) is 4.79 Å². The highest BCUT2D eigenvalue weighted by Gasteiger charge is 2.08. The summed E-state index contributed by atoms with van der Waals surface area (Å²) < 4.78 is 10.4. The quantitative estimate of drug-likeness (QED) is 0.578. The first-order valence-corrected chi connectivity index (χ1v) is 4.94. The Balaban J connectivity index is 2.58. The standard InChI is InChI=1S/C12H9NO3/c1-6-5-15-10-4-11-9(3-8(6)10)7(2)13-12(14)16-11/h3-5H,1-2H3. The van der Waals surface area contributed by atoms with Gasteiger partial charge >= 0.3 is 5.76 Å². The summed E-state index contributed by atoms with van der Waals surface area (Å²) in [5.41, 5.74) is 2.97. The first-order chi connectivity index (χ1) is 7.65. The fourth-order valence-electron chi connectivity index (χ4n) is 1.86. The number of aromatic nitrogens is 1. The average Bonchev–Trinajstić information content (AvgIpc) is 2.57. The summed E-state index contributed by atoms with van der Waals surface area (Å²) in [4.78, 5) is 14.9. The molecule has 0 radical (unpaired) electrons. The van der Waals surface area contributed by atoms with Gasteiger partial charge in [0, 0.05) is 16.8 Å². The predicted molar refractivity (Wildman–Crippen MR) is 59.5 cm³/mol. The van der Waals surface area contributed by atoms with Crippen LogP contribution in [0, 0.1) is 13.8 Å². The second-order valence-corrected chi connectivity index (χ2v) is 3.83. The van der Waals surface area contributed by atoms with Crippen molar-refractivity contribution in [2.24, 2.45) is 0 Å². The summed E-state index contributed by atoms with van der Waals surface area (Å²) in [6, 6.07) is 3.67. The van der Waals surface area contributed by atoms with Gasteiger partial charge in [0.05, 0.1) is 12.0 Å². The number of rotatable bonds is 0. The minimum atomic E-state index is -0.576. The molecule has 0 atom stereocenters. The molecule has 2 aromatic heterocycles. The van der Waals surface area contributed by atoms with E-state index in [1.54, 1.807) is 19.3 Å². The Morgan fingerprint density at radius 2 is 1.94 bits per heavy atom. The Labute approximate surface area is 90.5 Å². The van der Waals surface area contributed by atoms with Gasteiger partial charge in [-0.2, -0.15) is 4.98 Å². The first-order valence-electron chi connectivity index (χ1n) is 4.94. The highest BCUT2D eigenvalue weighted by Crippen LogP contribution is 2.26. The van der Waals surface area contributed by atoms with Gasteiger partial charge in [-0.25, -0.2) is 4.79 Å². The fraction of sp³-hybridized carbons (Fsp3) is 0.167. The molecule has 4 heteroatoms. The fourth-order valence-corrected chi connectivity index (χ4v) is 1.86. The van der Waals surface area contributed by atoms with Crippen LogP contribution in [-0.4, -0.2) is 4.98 Å². The van der Waals surface area contributed by atoms with Crippen molar-refractivity contribution in [1.29, 1.82) is 0 Å². The number of benzene rings is 1. The number of furan rings is 1. The molecule has 0 aliphatic carbocycles. The van der Waals surface area contributed by atoms with Crippen molar-refractivity contribution in [3.63, 3.8) is 0 Å². The molecule has 0 fully saturated rings. The Bertz CT molecular complexity index is 752. The van der Waals surface area contributed by atoms with Crippen molar-refractivity contribution in [2.75, 3.05) is 0 Å². The third-order valence-electron chi connectivity index (χ3n) is 2.72. The summed E-state index contributed by atoms with van der Waals surface area (Å²) in [6.45, 7) is 3.76. The van der Waals surface area contributed by atoms with Crippen molar-refractivity contribution in [2.45, 2.75) is 13.8 Å². The zero-order valence-electron chi connectivity index (χ0n) is 8.90. The lowest BCUT2D eigenvalue weighted by atomic mass is 10.1. The lowest BCUT2D eigenvalue weighted by Crippen LogP contribution is -2.05. The average molecular weight is 215 g/mol. The Hall–Kier alpha value is -2.10. The highest BCUT2D eigenvalue weighted by atomic mass is 16.4. The monoisotopic (exact) mass is 215 g/mol. The van der Waals surface area contributed by atoms with Gasteiger partial charge in [-0.3, -0.25) is 0 Å². The minimum Gasteiger partial charge on any atom is -0.464 e. The van der Waals surface area contributed by atoms with Crippen LogP contribution in [0.1, 0.15) is 11.3 Å². The van der Waals surface area contributed by atoms with E-state index in [4.69, 9.17) is 8.83 Å². The molecule has 3 rings (SSSR count). The van der Waals surface area contributed by atoms with Crippen molar-refractivity contribution in [3.8, 4) is 0 Å². The summed E-state index contributed by atoms with van der Waals surface area (Å²) in [7, 11) is 0. The van der Waals surface area contributed by atoms with Crippen LogP contribution in [-0.2, 0) is 0 Å². The Kier molecular flexibility index (Phi) is 1.68. The molecule has 0 N–H and O–H groups in total. The maximum absolute atomic E-state index is 11.1. The van der Waals surface area contributed by atoms with Gasteiger partial charge < -0.3 is 8.83 Å². The number of aryl methyl sites for hydroxylation is 2. The smallest absolute Gasteiger partial charge is 0.439 e. The van der Waals surface area contributed by atoms with Crippen LogP contribution < -0.4 is 5.76 Å². The second kappa shape index (κ2) is 2.95. The topological polar surface area (TPSA) is 56.2 Å². The molecule has 0 unspecified atom stereocenters. The van der Waals surface area contributed by atoms with E-state index < -0.39 is 5.76 Å². The van der Waals surface area contributed by atoms with Crippen LogP contribution in [0.25, 0.3) is 21.9 Å². The van der Waals surface area contributed by atoms with Gasteiger partial charge in [0.1, 0.15) is 11.2 Å². The van der Waals surface area contributed by atoms with E-state index in [1.165, 1.54) is 0 Å². The summed E-state index contributed by atoms with van der Waals surface area (Å²) in [6.07, 6.45) is 1.68. The van der Waals surface area contributed by atoms with Gasteiger partial charge in [0.2, 0.25) is 0 Å². The Morgan fingerprint density at radius 1 is 1.12 bits per heavy atom. The largest absolute Gasteiger partial charge is 0.464 e. The van der Waals surface area contributed by atoms with Crippen molar-refractivity contribution in [1.82, 2.24) is 4.98 Å². The summed E-state index contributed by atoms with van der Waals surface area (Å²) in [5.74, 6) is -0.576. The maximum Gasteiger partial charge on any atom is 0.439 e. The number of hydrogen-bond acceptors (Lipinski definition) is 4. The van der Waals surface area contributed by atoms with Gasteiger partial charge in [0.25, 0.3) is 0 Å². The van der Waals surface area contributed by atoms with Crippen LogP contribution in [0.5, 0.6) is 0 Å². The molecule has 0 amide bonds. The second-order valence-electron chi connectivity index (χ2n) is 3.83. The van der Waals surface area contributed by atoms with Crippen LogP contribution in [0.3, 0.4) is 0 Å². The molecular formula is C12H9NO3. The van der Waals surface area contributed by atoms with Gasteiger partial charge in [0.15, 0.2) is 0 Å². The van der Waals surface area contributed by atoms with Crippen LogP contribution >= 0.6 is 0 Å². The molecule has 0 aliphatic heterocycles. The molecule has 80 valence electrons. The summed E-state index contributed by atoms with van der Waals surface area (Å²) >= 11 is 0. The summed E-state index contributed by atoms with van der Waals surface area (Å²) in [5, 5.41) is 1.86. The number of nitrogens with zero attached hydrogens (tertiary/aromatic N) is 1. The maximum atomic E-state index is 11.1. The Morgan fingerprint density at radius 3 is 2.75 bits per heavy atom. The number of fused-ring (bicyclic) bond motifs is 2.